The van der Waals surface area contributed by atoms with Gasteiger partial charge in [-0.15, -0.1) is 10.2 Å². The Labute approximate surface area is 160 Å². The zero-order valence-electron chi connectivity index (χ0n) is 15.2. The summed E-state index contributed by atoms with van der Waals surface area (Å²) in [5.74, 6) is 1.07. The normalized spacial score (nSPS) is 16.8. The summed E-state index contributed by atoms with van der Waals surface area (Å²) in [6.07, 6.45) is 5.49. The fourth-order valence-electron chi connectivity index (χ4n) is 3.48. The smallest absolute Gasteiger partial charge is 0.289 e. The van der Waals surface area contributed by atoms with E-state index in [0.717, 1.165) is 23.0 Å². The number of aryl methyl sites for hydroxylation is 1. The van der Waals surface area contributed by atoms with Gasteiger partial charge in [0.1, 0.15) is 11.3 Å². The summed E-state index contributed by atoms with van der Waals surface area (Å²) >= 11 is 0. The maximum Gasteiger partial charge on any atom is 0.289 e. The number of rotatable bonds is 3. The van der Waals surface area contributed by atoms with Crippen LogP contribution in [0.3, 0.4) is 0 Å². The fraction of sp³-hybridized carbons (Fsp3) is 0.250. The molecule has 3 aromatic heterocycles. The van der Waals surface area contributed by atoms with E-state index in [-0.39, 0.29) is 11.8 Å². The SMILES string of the molecule is Cc1ccc2oc(C(=O)N3CC[C@@H](c4nnc(-c5cnccn5)o4)C3)cc2c1. The third kappa shape index (κ3) is 2.92. The predicted octanol–water partition coefficient (Wildman–Crippen LogP) is 3.21. The summed E-state index contributed by atoms with van der Waals surface area (Å²) in [5.41, 5.74) is 2.38. The lowest BCUT2D eigenvalue weighted by Crippen LogP contribution is -2.28. The molecule has 5 rings (SSSR count). The van der Waals surface area contributed by atoms with Gasteiger partial charge < -0.3 is 13.7 Å². The Kier molecular flexibility index (Phi) is 3.89. The Balaban J connectivity index is 1.32. The first kappa shape index (κ1) is 16.6. The third-order valence-corrected chi connectivity index (χ3v) is 4.93. The van der Waals surface area contributed by atoms with Crippen LogP contribution in [0.2, 0.25) is 0 Å². The van der Waals surface area contributed by atoms with Gasteiger partial charge in [0.15, 0.2) is 5.76 Å². The van der Waals surface area contributed by atoms with E-state index in [1.807, 2.05) is 25.1 Å². The number of hydrogen-bond donors (Lipinski definition) is 0. The first-order chi connectivity index (χ1) is 13.7. The van der Waals surface area contributed by atoms with Gasteiger partial charge in [0.2, 0.25) is 5.89 Å². The number of furan rings is 1. The average Bonchev–Trinajstić information content (AvgIpc) is 3.46. The standard InChI is InChI=1S/C20H17N5O3/c1-12-2-3-16-14(8-12)9-17(27-16)20(26)25-7-4-13(11-25)18-23-24-19(28-18)15-10-21-5-6-22-15/h2-3,5-6,8-10,13H,4,7,11H2,1H3/t13-/m1/s1. The largest absolute Gasteiger partial charge is 0.451 e. The molecular formula is C20H17N5O3. The fourth-order valence-corrected chi connectivity index (χ4v) is 3.48. The minimum Gasteiger partial charge on any atom is -0.451 e. The number of nitrogens with zero attached hydrogens (tertiary/aromatic N) is 5. The zero-order chi connectivity index (χ0) is 19.1. The second-order valence-corrected chi connectivity index (χ2v) is 6.92. The summed E-state index contributed by atoms with van der Waals surface area (Å²) in [6.45, 7) is 3.14. The predicted molar refractivity (Wildman–Crippen MR) is 99.5 cm³/mol. The van der Waals surface area contributed by atoms with Crippen LogP contribution in [0.4, 0.5) is 0 Å². The molecule has 0 N–H and O–H groups in total. The molecule has 1 aliphatic heterocycles. The topological polar surface area (TPSA) is 98.2 Å². The average molecular weight is 375 g/mol. The number of benzene rings is 1. The van der Waals surface area contributed by atoms with Gasteiger partial charge in [-0.25, -0.2) is 4.98 Å². The third-order valence-electron chi connectivity index (χ3n) is 4.93. The van der Waals surface area contributed by atoms with Crippen molar-refractivity contribution in [3.8, 4) is 11.6 Å². The maximum atomic E-state index is 12.9. The van der Waals surface area contributed by atoms with Crippen LogP contribution in [0, 0.1) is 6.92 Å². The summed E-state index contributed by atoms with van der Waals surface area (Å²) < 4.78 is 11.5. The molecule has 1 fully saturated rings. The highest BCUT2D eigenvalue weighted by Crippen LogP contribution is 2.30. The highest BCUT2D eigenvalue weighted by molar-refractivity contribution is 5.96. The Morgan fingerprint density at radius 1 is 1.18 bits per heavy atom. The van der Waals surface area contributed by atoms with Gasteiger partial charge >= 0.3 is 0 Å². The van der Waals surface area contributed by atoms with Crippen molar-refractivity contribution in [3.05, 3.63) is 60.1 Å². The van der Waals surface area contributed by atoms with E-state index in [0.29, 0.717) is 36.3 Å². The van der Waals surface area contributed by atoms with Gasteiger partial charge in [-0.05, 0) is 31.5 Å². The first-order valence-electron chi connectivity index (χ1n) is 9.06. The van der Waals surface area contributed by atoms with Crippen molar-refractivity contribution in [2.45, 2.75) is 19.3 Å². The molecule has 140 valence electrons. The Hall–Kier alpha value is -3.55. The van der Waals surface area contributed by atoms with Crippen LogP contribution in [-0.4, -0.2) is 44.1 Å². The van der Waals surface area contributed by atoms with Crippen LogP contribution in [0.5, 0.6) is 0 Å². The van der Waals surface area contributed by atoms with Crippen molar-refractivity contribution in [3.63, 3.8) is 0 Å². The molecule has 4 heterocycles. The minimum absolute atomic E-state index is 0.00602. The molecule has 0 saturated carbocycles. The molecule has 0 aliphatic carbocycles. The van der Waals surface area contributed by atoms with Gasteiger partial charge in [-0.1, -0.05) is 11.6 Å². The van der Waals surface area contributed by atoms with Gasteiger partial charge in [0, 0.05) is 30.9 Å². The molecule has 8 heteroatoms. The molecule has 1 saturated heterocycles. The molecule has 1 aromatic carbocycles. The van der Waals surface area contributed by atoms with Gasteiger partial charge in [0.05, 0.1) is 12.1 Å². The Morgan fingerprint density at radius 3 is 2.96 bits per heavy atom. The van der Waals surface area contributed by atoms with Gasteiger partial charge in [-0.2, -0.15) is 0 Å². The minimum atomic E-state index is -0.120. The number of hydrogen-bond acceptors (Lipinski definition) is 7. The number of carbonyl (C=O) groups is 1. The number of fused-ring (bicyclic) bond motifs is 1. The molecule has 28 heavy (non-hydrogen) atoms. The van der Waals surface area contributed by atoms with Crippen LogP contribution >= 0.6 is 0 Å². The molecule has 8 nitrogen and oxygen atoms in total. The maximum absolute atomic E-state index is 12.9. The molecule has 1 aliphatic rings. The molecule has 0 radical (unpaired) electrons. The number of likely N-dealkylation sites (tertiary alicyclic amines) is 1. The van der Waals surface area contributed by atoms with Crippen LogP contribution in [-0.2, 0) is 0 Å². The highest BCUT2D eigenvalue weighted by Gasteiger charge is 2.32. The van der Waals surface area contributed by atoms with Crippen molar-refractivity contribution >= 4 is 16.9 Å². The number of aromatic nitrogens is 4. The van der Waals surface area contributed by atoms with E-state index in [9.17, 15) is 4.79 Å². The van der Waals surface area contributed by atoms with Gasteiger partial charge in [0.25, 0.3) is 11.8 Å². The van der Waals surface area contributed by atoms with E-state index < -0.39 is 0 Å². The molecule has 4 aromatic rings. The second kappa shape index (κ2) is 6.56. The van der Waals surface area contributed by atoms with Crippen molar-refractivity contribution in [2.75, 3.05) is 13.1 Å². The molecular weight excluding hydrogens is 358 g/mol. The van der Waals surface area contributed by atoms with E-state index >= 15 is 0 Å². The van der Waals surface area contributed by atoms with Gasteiger partial charge in [-0.3, -0.25) is 9.78 Å². The molecule has 0 bridgehead atoms. The van der Waals surface area contributed by atoms with E-state index in [2.05, 4.69) is 20.2 Å². The van der Waals surface area contributed by atoms with Crippen LogP contribution in [0.15, 0.2) is 51.7 Å². The van der Waals surface area contributed by atoms with E-state index in [1.54, 1.807) is 29.6 Å². The van der Waals surface area contributed by atoms with E-state index in [4.69, 9.17) is 8.83 Å². The molecule has 1 atom stereocenters. The quantitative estimate of drug-likeness (QED) is 0.542. The molecule has 1 amide bonds. The molecule has 0 unspecified atom stereocenters. The number of carbonyl (C=O) groups excluding carboxylic acids is 1. The summed E-state index contributed by atoms with van der Waals surface area (Å²) in [6, 6.07) is 7.67. The number of amides is 1. The monoisotopic (exact) mass is 375 g/mol. The Morgan fingerprint density at radius 2 is 2.11 bits per heavy atom. The summed E-state index contributed by atoms with van der Waals surface area (Å²) in [7, 11) is 0. The van der Waals surface area contributed by atoms with Crippen LogP contribution in [0.25, 0.3) is 22.6 Å². The van der Waals surface area contributed by atoms with Crippen molar-refractivity contribution in [2.24, 2.45) is 0 Å². The summed E-state index contributed by atoms with van der Waals surface area (Å²) in [5, 5.41) is 9.13. The lowest BCUT2D eigenvalue weighted by molar-refractivity contribution is 0.0760. The molecule has 0 spiro atoms. The highest BCUT2D eigenvalue weighted by atomic mass is 16.4. The second-order valence-electron chi connectivity index (χ2n) is 6.92. The van der Waals surface area contributed by atoms with Crippen molar-refractivity contribution < 1.29 is 13.6 Å². The zero-order valence-corrected chi connectivity index (χ0v) is 15.2. The Bertz CT molecular complexity index is 1150. The van der Waals surface area contributed by atoms with E-state index in [1.165, 1.54) is 0 Å². The van der Waals surface area contributed by atoms with Crippen molar-refractivity contribution in [1.29, 1.82) is 0 Å². The first-order valence-corrected chi connectivity index (χ1v) is 9.06. The van der Waals surface area contributed by atoms with Crippen molar-refractivity contribution in [1.82, 2.24) is 25.1 Å². The lowest BCUT2D eigenvalue weighted by Gasteiger charge is -2.13. The van der Waals surface area contributed by atoms with Crippen LogP contribution in [0.1, 0.15) is 34.3 Å². The van der Waals surface area contributed by atoms with Crippen LogP contribution < -0.4 is 0 Å². The summed E-state index contributed by atoms with van der Waals surface area (Å²) in [4.78, 5) is 22.8. The lowest BCUT2D eigenvalue weighted by atomic mass is 10.1.